The summed E-state index contributed by atoms with van der Waals surface area (Å²) in [5.41, 5.74) is 1.30. The molecule has 2 saturated carbocycles. The topological polar surface area (TPSA) is 28.7 Å². The first kappa shape index (κ1) is 12.8. The fourth-order valence-electron chi connectivity index (χ4n) is 2.87. The molecule has 3 rings (SSSR count). The lowest BCUT2D eigenvalue weighted by Gasteiger charge is -2.26. The molecule has 0 radical (unpaired) electrons. The number of aromatic nitrogens is 2. The van der Waals surface area contributed by atoms with Gasteiger partial charge in [-0.3, -0.25) is 0 Å². The summed E-state index contributed by atoms with van der Waals surface area (Å²) in [5.74, 6) is 3.29. The van der Waals surface area contributed by atoms with E-state index < -0.39 is 0 Å². The van der Waals surface area contributed by atoms with Crippen molar-refractivity contribution < 1.29 is 0 Å². The maximum Gasteiger partial charge on any atom is 0.144 e. The van der Waals surface area contributed by atoms with E-state index >= 15 is 0 Å². The minimum atomic E-state index is 0.591. The molecule has 1 N–H and O–H groups in total. The molecule has 0 atom stereocenters. The third-order valence-corrected chi connectivity index (χ3v) is 5.66. The van der Waals surface area contributed by atoms with Gasteiger partial charge in [0.05, 0.1) is 4.47 Å². The van der Waals surface area contributed by atoms with Gasteiger partial charge in [-0.05, 0) is 47.5 Å². The van der Waals surface area contributed by atoms with Gasteiger partial charge in [0.2, 0.25) is 0 Å². The van der Waals surface area contributed by atoms with E-state index in [0.717, 1.165) is 20.9 Å². The Morgan fingerprint density at radius 3 is 2.33 bits per heavy atom. The Morgan fingerprint density at radius 2 is 1.72 bits per heavy atom. The molecule has 4 heteroatoms. The average Bonchev–Trinajstić information content (AvgIpc) is 3.18. The number of rotatable bonds is 2. The minimum Gasteiger partial charge on any atom is -0.346 e. The zero-order valence-corrected chi connectivity index (χ0v) is 13.1. The monoisotopic (exact) mass is 326 g/mol. The number of H-pyrrole nitrogens is 1. The van der Waals surface area contributed by atoms with Crippen LogP contribution in [0.1, 0.15) is 68.8 Å². The van der Waals surface area contributed by atoms with Gasteiger partial charge in [0, 0.05) is 17.5 Å². The quantitative estimate of drug-likeness (QED) is 0.768. The second kappa shape index (κ2) is 5.04. The smallest absolute Gasteiger partial charge is 0.144 e. The highest BCUT2D eigenvalue weighted by Crippen LogP contribution is 2.43. The molecule has 1 aromatic rings. The molecule has 2 nitrogen and oxygen atoms in total. The molecule has 0 aliphatic heterocycles. The lowest BCUT2D eigenvalue weighted by Crippen LogP contribution is -2.14. The summed E-state index contributed by atoms with van der Waals surface area (Å²) in [6.45, 7) is 2.35. The fourth-order valence-corrected chi connectivity index (χ4v) is 3.59. The Hall–Kier alpha value is -0.220. The highest BCUT2D eigenvalue weighted by atomic mass is 79.9. The summed E-state index contributed by atoms with van der Waals surface area (Å²) in [6, 6.07) is 0. The first-order valence-corrected chi connectivity index (χ1v) is 8.15. The number of aromatic amines is 1. The van der Waals surface area contributed by atoms with E-state index in [1.54, 1.807) is 0 Å². The van der Waals surface area contributed by atoms with Gasteiger partial charge in [-0.25, -0.2) is 4.98 Å². The number of hydrogen-bond donors (Lipinski definition) is 1. The summed E-state index contributed by atoms with van der Waals surface area (Å²) in [6.07, 6.45) is 7.73. The number of hydrogen-bond acceptors (Lipinski definition) is 2. The van der Waals surface area contributed by atoms with E-state index in [-0.39, 0.29) is 0 Å². The third kappa shape index (κ3) is 2.55. The van der Waals surface area contributed by atoms with Crippen LogP contribution in [-0.2, 0) is 0 Å². The van der Waals surface area contributed by atoms with E-state index in [1.807, 2.05) is 0 Å². The maximum absolute atomic E-state index is 5.39. The van der Waals surface area contributed by atoms with Crippen molar-refractivity contribution >= 4 is 28.1 Å². The molecule has 18 heavy (non-hydrogen) atoms. The number of nitrogens with one attached hydrogen (secondary N) is 1. The van der Waals surface area contributed by atoms with Gasteiger partial charge >= 0.3 is 0 Å². The number of nitrogens with zero attached hydrogens (tertiary/aromatic N) is 1. The molecular weight excluding hydrogens is 308 g/mol. The summed E-state index contributed by atoms with van der Waals surface area (Å²) in [7, 11) is 0. The molecule has 2 aliphatic carbocycles. The van der Waals surface area contributed by atoms with Gasteiger partial charge in [0.1, 0.15) is 10.5 Å². The summed E-state index contributed by atoms with van der Waals surface area (Å²) in [4.78, 5) is 8.18. The first-order valence-electron chi connectivity index (χ1n) is 6.94. The van der Waals surface area contributed by atoms with Crippen LogP contribution in [0.25, 0.3) is 0 Å². The Balaban J connectivity index is 1.90. The summed E-state index contributed by atoms with van der Waals surface area (Å²) < 4.78 is 1.76. The molecule has 0 unspecified atom stereocenters. The predicted molar refractivity (Wildman–Crippen MR) is 79.5 cm³/mol. The summed E-state index contributed by atoms with van der Waals surface area (Å²) in [5, 5.41) is 0. The molecular formula is C14H19BrN2S. The molecule has 1 heterocycles. The van der Waals surface area contributed by atoms with Crippen molar-refractivity contribution in [1.29, 1.82) is 0 Å². The van der Waals surface area contributed by atoms with Crippen LogP contribution in [0.4, 0.5) is 0 Å². The van der Waals surface area contributed by atoms with Crippen LogP contribution < -0.4 is 0 Å². The molecule has 0 bridgehead atoms. The third-order valence-electron chi connectivity index (χ3n) is 4.30. The van der Waals surface area contributed by atoms with E-state index in [1.165, 1.54) is 44.2 Å². The number of halogens is 1. The SMILES string of the molecule is CC1CCC(c2nc(=S)c(Br)c(C3CC3)[nH]2)CC1. The Bertz CT molecular complexity index is 499. The van der Waals surface area contributed by atoms with Crippen LogP contribution >= 0.6 is 28.1 Å². The Labute approximate surface area is 122 Å². The van der Waals surface area contributed by atoms with Crippen molar-refractivity contribution in [3.8, 4) is 0 Å². The van der Waals surface area contributed by atoms with Gasteiger partial charge in [-0.15, -0.1) is 0 Å². The van der Waals surface area contributed by atoms with Gasteiger partial charge < -0.3 is 4.98 Å². The van der Waals surface area contributed by atoms with Crippen molar-refractivity contribution in [3.05, 3.63) is 20.6 Å². The first-order chi connectivity index (χ1) is 8.65. The second-order valence-corrected chi connectivity index (χ2v) is 7.07. The molecule has 2 aliphatic rings. The van der Waals surface area contributed by atoms with E-state index in [2.05, 4.69) is 32.8 Å². The van der Waals surface area contributed by atoms with Crippen LogP contribution in [-0.4, -0.2) is 9.97 Å². The van der Waals surface area contributed by atoms with Crippen molar-refractivity contribution in [2.45, 2.75) is 57.3 Å². The maximum atomic E-state index is 5.39. The van der Waals surface area contributed by atoms with Gasteiger partial charge in [0.25, 0.3) is 0 Å². The normalized spacial score (nSPS) is 28.3. The highest BCUT2D eigenvalue weighted by Gasteiger charge is 2.29. The second-order valence-electron chi connectivity index (χ2n) is 5.89. The fraction of sp³-hybridized carbons (Fsp3) is 0.714. The van der Waals surface area contributed by atoms with E-state index in [4.69, 9.17) is 12.2 Å². The molecule has 0 aromatic carbocycles. The lowest BCUT2D eigenvalue weighted by molar-refractivity contribution is 0.339. The average molecular weight is 327 g/mol. The van der Waals surface area contributed by atoms with E-state index in [0.29, 0.717) is 11.8 Å². The standard InChI is InChI=1S/C14H19BrN2S/c1-8-2-4-10(5-3-8)13-16-12(9-6-7-9)11(15)14(18)17-13/h8-10H,2-7H2,1H3,(H,16,17,18). The highest BCUT2D eigenvalue weighted by molar-refractivity contribution is 9.10. The Morgan fingerprint density at radius 1 is 1.11 bits per heavy atom. The van der Waals surface area contributed by atoms with Crippen LogP contribution in [0.2, 0.25) is 0 Å². The van der Waals surface area contributed by atoms with Crippen molar-refractivity contribution in [2.75, 3.05) is 0 Å². The van der Waals surface area contributed by atoms with Crippen molar-refractivity contribution in [2.24, 2.45) is 5.92 Å². The predicted octanol–water partition coefficient (Wildman–Crippen LogP) is 5.07. The zero-order valence-electron chi connectivity index (χ0n) is 10.7. The molecule has 0 spiro atoms. The van der Waals surface area contributed by atoms with Crippen molar-refractivity contribution in [3.63, 3.8) is 0 Å². The van der Waals surface area contributed by atoms with Gasteiger partial charge in [-0.2, -0.15) is 0 Å². The molecule has 0 saturated heterocycles. The van der Waals surface area contributed by atoms with Crippen LogP contribution in [0.3, 0.4) is 0 Å². The zero-order chi connectivity index (χ0) is 12.7. The van der Waals surface area contributed by atoms with Gasteiger partial charge in [-0.1, -0.05) is 32.0 Å². The molecule has 1 aromatic heterocycles. The van der Waals surface area contributed by atoms with Crippen molar-refractivity contribution in [1.82, 2.24) is 9.97 Å². The minimum absolute atomic E-state index is 0.591. The Kier molecular flexibility index (Phi) is 3.59. The van der Waals surface area contributed by atoms with Gasteiger partial charge in [0.15, 0.2) is 0 Å². The van der Waals surface area contributed by atoms with Crippen LogP contribution in [0.5, 0.6) is 0 Å². The lowest BCUT2D eigenvalue weighted by atomic mass is 9.82. The molecule has 2 fully saturated rings. The molecule has 98 valence electrons. The van der Waals surface area contributed by atoms with Crippen LogP contribution in [0, 0.1) is 10.6 Å². The summed E-state index contributed by atoms with van der Waals surface area (Å²) >= 11 is 8.98. The van der Waals surface area contributed by atoms with Crippen LogP contribution in [0.15, 0.2) is 4.47 Å². The largest absolute Gasteiger partial charge is 0.346 e. The molecule has 0 amide bonds. The van der Waals surface area contributed by atoms with E-state index in [9.17, 15) is 0 Å².